The number of hydrogen-bond acceptors (Lipinski definition) is 3. The maximum atomic E-state index is 13.5. The number of likely N-dealkylation sites (tertiary alicyclic amines) is 1. The zero-order valence-corrected chi connectivity index (χ0v) is 12.6. The summed E-state index contributed by atoms with van der Waals surface area (Å²) in [6.45, 7) is 2.01. The fraction of sp³-hybridized carbons (Fsp3) is 0.400. The van der Waals surface area contributed by atoms with Crippen LogP contribution in [-0.4, -0.2) is 38.9 Å². The van der Waals surface area contributed by atoms with Crippen LogP contribution in [0.5, 0.6) is 0 Å². The molecule has 3 rings (SSSR count). The Morgan fingerprint density at radius 1 is 1.35 bits per heavy atom. The molecular weight excluding hydrogens is 306 g/mol. The van der Waals surface area contributed by atoms with Gasteiger partial charge in [0.2, 0.25) is 11.8 Å². The van der Waals surface area contributed by atoms with E-state index in [1.54, 1.807) is 6.92 Å². The molecule has 0 aliphatic carbocycles. The van der Waals surface area contributed by atoms with Gasteiger partial charge in [0.15, 0.2) is 11.6 Å². The van der Waals surface area contributed by atoms with Gasteiger partial charge in [0.05, 0.1) is 11.0 Å². The van der Waals surface area contributed by atoms with Gasteiger partial charge in [0.1, 0.15) is 18.4 Å². The van der Waals surface area contributed by atoms with Gasteiger partial charge in [-0.3, -0.25) is 9.59 Å². The number of halogens is 2. The van der Waals surface area contributed by atoms with E-state index in [0.29, 0.717) is 30.7 Å². The Balaban J connectivity index is 1.92. The summed E-state index contributed by atoms with van der Waals surface area (Å²) in [7, 11) is 0. The number of hydrogen-bond donors (Lipinski definition) is 1. The van der Waals surface area contributed by atoms with Crippen molar-refractivity contribution in [2.45, 2.75) is 32.4 Å². The lowest BCUT2D eigenvalue weighted by Gasteiger charge is -2.22. The number of nitrogens with zero attached hydrogens (tertiary/aromatic N) is 3. The average molecular weight is 322 g/mol. The number of rotatable bonds is 3. The number of benzene rings is 1. The number of fused-ring (bicyclic) bond motifs is 1. The molecule has 2 amide bonds. The van der Waals surface area contributed by atoms with Crippen LogP contribution >= 0.6 is 0 Å². The highest BCUT2D eigenvalue weighted by Crippen LogP contribution is 2.22. The van der Waals surface area contributed by atoms with Crippen LogP contribution in [0, 0.1) is 18.6 Å². The first-order valence-electron chi connectivity index (χ1n) is 7.29. The summed E-state index contributed by atoms with van der Waals surface area (Å²) in [6, 6.07) is 1.42. The maximum absolute atomic E-state index is 13.5. The largest absolute Gasteiger partial charge is 0.368 e. The topological polar surface area (TPSA) is 81.2 Å². The third-order valence-electron chi connectivity index (χ3n) is 4.18. The number of amides is 2. The van der Waals surface area contributed by atoms with Crippen LogP contribution in [0.2, 0.25) is 0 Å². The van der Waals surface area contributed by atoms with Gasteiger partial charge in [-0.2, -0.15) is 0 Å². The van der Waals surface area contributed by atoms with E-state index in [9.17, 15) is 18.4 Å². The fourth-order valence-electron chi connectivity index (χ4n) is 3.03. The Labute approximate surface area is 130 Å². The fourth-order valence-corrected chi connectivity index (χ4v) is 3.03. The lowest BCUT2D eigenvalue weighted by atomic mass is 10.2. The molecule has 2 aromatic rings. The lowest BCUT2D eigenvalue weighted by molar-refractivity contribution is -0.137. The molecule has 6 nitrogen and oxygen atoms in total. The van der Waals surface area contributed by atoms with Gasteiger partial charge in [-0.15, -0.1) is 0 Å². The van der Waals surface area contributed by atoms with Crippen LogP contribution in [0.15, 0.2) is 12.1 Å². The third kappa shape index (κ3) is 2.64. The number of aromatic nitrogens is 2. The number of imidazole rings is 1. The van der Waals surface area contributed by atoms with E-state index in [4.69, 9.17) is 5.73 Å². The van der Waals surface area contributed by atoms with E-state index in [2.05, 4.69) is 4.98 Å². The summed E-state index contributed by atoms with van der Waals surface area (Å²) in [4.78, 5) is 29.5. The highest BCUT2D eigenvalue weighted by Gasteiger charge is 2.32. The Morgan fingerprint density at radius 2 is 2.04 bits per heavy atom. The number of nitrogens with two attached hydrogens (primary N) is 1. The van der Waals surface area contributed by atoms with E-state index in [-0.39, 0.29) is 18.0 Å². The van der Waals surface area contributed by atoms with Crippen molar-refractivity contribution < 1.29 is 18.4 Å². The summed E-state index contributed by atoms with van der Waals surface area (Å²) in [6.07, 6.45) is 1.26. The molecule has 1 saturated heterocycles. The van der Waals surface area contributed by atoms with Crippen LogP contribution in [0.1, 0.15) is 18.7 Å². The molecule has 2 heterocycles. The second kappa shape index (κ2) is 5.60. The minimum absolute atomic E-state index is 0.100. The van der Waals surface area contributed by atoms with Crippen LogP contribution in [0.4, 0.5) is 8.78 Å². The van der Waals surface area contributed by atoms with Gasteiger partial charge in [-0.1, -0.05) is 0 Å². The Kier molecular flexibility index (Phi) is 3.75. The Morgan fingerprint density at radius 3 is 2.74 bits per heavy atom. The molecule has 23 heavy (non-hydrogen) atoms. The second-order valence-electron chi connectivity index (χ2n) is 5.65. The van der Waals surface area contributed by atoms with Gasteiger partial charge in [0.25, 0.3) is 0 Å². The molecule has 8 heteroatoms. The zero-order valence-electron chi connectivity index (χ0n) is 12.6. The molecule has 0 saturated carbocycles. The standard InChI is InChI=1S/C15H16F2N4O2/c1-8-19-11-5-9(16)10(17)6-13(11)21(8)7-14(22)20-4-2-3-12(20)15(18)23/h5-6,12H,2-4,7H2,1H3,(H2,18,23)/t12-/m1/s1. The van der Waals surface area contributed by atoms with Crippen molar-refractivity contribution in [3.63, 3.8) is 0 Å². The molecule has 122 valence electrons. The quantitative estimate of drug-likeness (QED) is 0.919. The normalized spacial score (nSPS) is 17.9. The molecule has 0 bridgehead atoms. The predicted octanol–water partition coefficient (Wildman–Crippen LogP) is 1.10. The minimum atomic E-state index is -0.998. The van der Waals surface area contributed by atoms with Crippen LogP contribution in [0.3, 0.4) is 0 Å². The molecule has 1 aliphatic heterocycles. The molecule has 1 atom stereocenters. The third-order valence-corrected chi connectivity index (χ3v) is 4.18. The summed E-state index contributed by atoms with van der Waals surface area (Å²) >= 11 is 0. The molecule has 1 aromatic carbocycles. The number of carbonyl (C=O) groups is 2. The first-order valence-corrected chi connectivity index (χ1v) is 7.29. The van der Waals surface area contributed by atoms with Crippen molar-refractivity contribution in [2.75, 3.05) is 6.54 Å². The molecule has 1 fully saturated rings. The van der Waals surface area contributed by atoms with Crippen molar-refractivity contribution in [1.29, 1.82) is 0 Å². The van der Waals surface area contributed by atoms with Gasteiger partial charge in [0, 0.05) is 18.7 Å². The van der Waals surface area contributed by atoms with Gasteiger partial charge >= 0.3 is 0 Å². The van der Waals surface area contributed by atoms with Gasteiger partial charge < -0.3 is 15.2 Å². The second-order valence-corrected chi connectivity index (χ2v) is 5.65. The zero-order chi connectivity index (χ0) is 16.7. The van der Waals surface area contributed by atoms with Gasteiger partial charge in [-0.25, -0.2) is 13.8 Å². The molecule has 1 aromatic heterocycles. The molecule has 2 N–H and O–H groups in total. The monoisotopic (exact) mass is 322 g/mol. The molecule has 0 unspecified atom stereocenters. The van der Waals surface area contributed by atoms with E-state index >= 15 is 0 Å². The minimum Gasteiger partial charge on any atom is -0.368 e. The van der Waals surface area contributed by atoms with E-state index in [1.165, 1.54) is 9.47 Å². The van der Waals surface area contributed by atoms with Crippen LogP contribution in [0.25, 0.3) is 11.0 Å². The van der Waals surface area contributed by atoms with E-state index in [0.717, 1.165) is 12.1 Å². The van der Waals surface area contributed by atoms with Crippen LogP contribution in [-0.2, 0) is 16.1 Å². The number of carbonyl (C=O) groups excluding carboxylic acids is 2. The number of primary amides is 1. The molecular formula is C15H16F2N4O2. The van der Waals surface area contributed by atoms with Crippen molar-refractivity contribution >= 4 is 22.8 Å². The Hall–Kier alpha value is -2.51. The highest BCUT2D eigenvalue weighted by molar-refractivity contribution is 5.88. The first kappa shape index (κ1) is 15.4. The van der Waals surface area contributed by atoms with E-state index < -0.39 is 23.6 Å². The van der Waals surface area contributed by atoms with Crippen molar-refractivity contribution in [2.24, 2.45) is 5.73 Å². The Bertz CT molecular complexity index is 802. The van der Waals surface area contributed by atoms with Crippen molar-refractivity contribution in [3.8, 4) is 0 Å². The number of aryl methyl sites for hydroxylation is 1. The maximum Gasteiger partial charge on any atom is 0.243 e. The lowest BCUT2D eigenvalue weighted by Crippen LogP contribution is -2.45. The molecule has 0 spiro atoms. The van der Waals surface area contributed by atoms with Crippen molar-refractivity contribution in [1.82, 2.24) is 14.5 Å². The molecule has 1 aliphatic rings. The predicted molar refractivity (Wildman–Crippen MR) is 78.3 cm³/mol. The van der Waals surface area contributed by atoms with E-state index in [1.807, 2.05) is 0 Å². The van der Waals surface area contributed by atoms with Crippen molar-refractivity contribution in [3.05, 3.63) is 29.6 Å². The summed E-state index contributed by atoms with van der Waals surface area (Å²) < 4.78 is 28.3. The van der Waals surface area contributed by atoms with Crippen LogP contribution < -0.4 is 5.73 Å². The average Bonchev–Trinajstić information content (AvgIpc) is 3.07. The summed E-state index contributed by atoms with van der Waals surface area (Å²) in [5.74, 6) is -2.34. The highest BCUT2D eigenvalue weighted by atomic mass is 19.2. The summed E-state index contributed by atoms with van der Waals surface area (Å²) in [5.41, 5.74) is 5.93. The first-order chi connectivity index (χ1) is 10.9. The smallest absolute Gasteiger partial charge is 0.243 e. The SMILES string of the molecule is Cc1nc2cc(F)c(F)cc2n1CC(=O)N1CCC[C@@H]1C(N)=O. The van der Waals surface area contributed by atoms with Gasteiger partial charge in [-0.05, 0) is 19.8 Å². The molecule has 0 radical (unpaired) electrons. The summed E-state index contributed by atoms with van der Waals surface area (Å²) in [5, 5.41) is 0.